The summed E-state index contributed by atoms with van der Waals surface area (Å²) in [5, 5.41) is 0. The molecule has 68 valence electrons. The lowest BCUT2D eigenvalue weighted by Gasteiger charge is -1.99. The van der Waals surface area contributed by atoms with E-state index in [9.17, 15) is 0 Å². The standard InChI is InChI=1S/C9H13NO.ClH/c1-3-7-5-6-9(11-7)8(10)4-2;/h4-6,8H,2-3,10H2,1H3;1H/t8-;/m1./s1. The summed E-state index contributed by atoms with van der Waals surface area (Å²) in [6.45, 7) is 5.63. The van der Waals surface area contributed by atoms with Crippen molar-refractivity contribution in [2.24, 2.45) is 5.73 Å². The summed E-state index contributed by atoms with van der Waals surface area (Å²) < 4.78 is 5.39. The average Bonchev–Trinajstić information content (AvgIpc) is 2.50. The summed E-state index contributed by atoms with van der Waals surface area (Å²) >= 11 is 0. The summed E-state index contributed by atoms with van der Waals surface area (Å²) in [6.07, 6.45) is 2.57. The Morgan fingerprint density at radius 2 is 2.33 bits per heavy atom. The first-order valence-corrected chi connectivity index (χ1v) is 3.74. The highest BCUT2D eigenvalue weighted by molar-refractivity contribution is 5.85. The summed E-state index contributed by atoms with van der Waals surface area (Å²) in [6, 6.07) is 3.67. The van der Waals surface area contributed by atoms with Crippen LogP contribution in [-0.4, -0.2) is 0 Å². The molecule has 0 amide bonds. The van der Waals surface area contributed by atoms with E-state index in [-0.39, 0.29) is 18.4 Å². The van der Waals surface area contributed by atoms with Gasteiger partial charge in [-0.2, -0.15) is 0 Å². The highest BCUT2D eigenvalue weighted by atomic mass is 35.5. The molecule has 1 rings (SSSR count). The Bertz CT molecular complexity index is 244. The molecule has 0 aliphatic carbocycles. The van der Waals surface area contributed by atoms with Crippen molar-refractivity contribution in [3.8, 4) is 0 Å². The number of nitrogens with two attached hydrogens (primary N) is 1. The fraction of sp³-hybridized carbons (Fsp3) is 0.333. The fourth-order valence-corrected chi connectivity index (χ4v) is 0.880. The summed E-state index contributed by atoms with van der Waals surface area (Å²) in [4.78, 5) is 0. The lowest BCUT2D eigenvalue weighted by atomic mass is 10.2. The van der Waals surface area contributed by atoms with Crippen LogP contribution >= 0.6 is 12.4 Å². The van der Waals surface area contributed by atoms with Gasteiger partial charge in [-0.3, -0.25) is 0 Å². The molecule has 0 bridgehead atoms. The minimum atomic E-state index is -0.171. The van der Waals surface area contributed by atoms with Crippen molar-refractivity contribution < 1.29 is 4.42 Å². The van der Waals surface area contributed by atoms with Gasteiger partial charge in [0.05, 0.1) is 6.04 Å². The van der Waals surface area contributed by atoms with Crippen LogP contribution < -0.4 is 5.73 Å². The third-order valence-corrected chi connectivity index (χ3v) is 1.61. The van der Waals surface area contributed by atoms with Gasteiger partial charge in [-0.25, -0.2) is 0 Å². The molecule has 12 heavy (non-hydrogen) atoms. The van der Waals surface area contributed by atoms with Crippen LogP contribution in [0, 0.1) is 0 Å². The monoisotopic (exact) mass is 187 g/mol. The minimum absolute atomic E-state index is 0. The predicted octanol–water partition coefficient (Wildman–Crippen LogP) is 2.45. The number of rotatable bonds is 3. The highest BCUT2D eigenvalue weighted by Crippen LogP contribution is 2.15. The average molecular weight is 188 g/mol. The zero-order valence-electron chi connectivity index (χ0n) is 7.12. The Labute approximate surface area is 78.9 Å². The van der Waals surface area contributed by atoms with E-state index in [1.807, 2.05) is 19.1 Å². The van der Waals surface area contributed by atoms with Crippen molar-refractivity contribution in [2.75, 3.05) is 0 Å². The Balaban J connectivity index is 0.00000121. The number of aryl methyl sites for hydroxylation is 1. The van der Waals surface area contributed by atoms with Crippen LogP contribution in [0.3, 0.4) is 0 Å². The Morgan fingerprint density at radius 3 is 2.75 bits per heavy atom. The minimum Gasteiger partial charge on any atom is -0.464 e. The molecular weight excluding hydrogens is 174 g/mol. The smallest absolute Gasteiger partial charge is 0.124 e. The first-order valence-electron chi connectivity index (χ1n) is 3.74. The zero-order valence-corrected chi connectivity index (χ0v) is 7.93. The van der Waals surface area contributed by atoms with Gasteiger partial charge in [0.15, 0.2) is 0 Å². The largest absolute Gasteiger partial charge is 0.464 e. The zero-order chi connectivity index (χ0) is 8.27. The van der Waals surface area contributed by atoms with Crippen LogP contribution in [0.2, 0.25) is 0 Å². The van der Waals surface area contributed by atoms with Gasteiger partial charge in [0.1, 0.15) is 11.5 Å². The van der Waals surface area contributed by atoms with E-state index >= 15 is 0 Å². The first kappa shape index (κ1) is 11.3. The van der Waals surface area contributed by atoms with Crippen molar-refractivity contribution in [1.29, 1.82) is 0 Å². The van der Waals surface area contributed by atoms with Crippen LogP contribution in [-0.2, 0) is 6.42 Å². The van der Waals surface area contributed by atoms with Crippen LogP contribution in [0.25, 0.3) is 0 Å². The van der Waals surface area contributed by atoms with Crippen molar-refractivity contribution in [3.63, 3.8) is 0 Å². The van der Waals surface area contributed by atoms with E-state index in [4.69, 9.17) is 10.2 Å². The summed E-state index contributed by atoms with van der Waals surface area (Å²) in [7, 11) is 0. The number of hydrogen-bond donors (Lipinski definition) is 1. The van der Waals surface area contributed by atoms with Crippen molar-refractivity contribution in [1.82, 2.24) is 0 Å². The van der Waals surface area contributed by atoms with Gasteiger partial charge in [0.25, 0.3) is 0 Å². The summed E-state index contributed by atoms with van der Waals surface area (Å²) in [5.74, 6) is 1.76. The Hall–Kier alpha value is -0.730. The molecule has 0 aliphatic rings. The third kappa shape index (κ3) is 2.40. The molecule has 1 heterocycles. The number of halogens is 1. The lowest BCUT2D eigenvalue weighted by Crippen LogP contribution is -2.04. The molecule has 3 heteroatoms. The highest BCUT2D eigenvalue weighted by Gasteiger charge is 2.05. The third-order valence-electron chi connectivity index (χ3n) is 1.61. The van der Waals surface area contributed by atoms with E-state index in [0.717, 1.165) is 17.9 Å². The molecule has 1 aromatic heterocycles. The van der Waals surface area contributed by atoms with E-state index in [2.05, 4.69) is 6.58 Å². The van der Waals surface area contributed by atoms with Crippen molar-refractivity contribution >= 4 is 12.4 Å². The normalized spacial score (nSPS) is 11.8. The second-order valence-electron chi connectivity index (χ2n) is 2.42. The van der Waals surface area contributed by atoms with E-state index in [0.29, 0.717) is 0 Å². The maximum atomic E-state index is 5.65. The molecule has 0 spiro atoms. The quantitative estimate of drug-likeness (QED) is 0.739. The Kier molecular flexibility index (Phi) is 4.71. The van der Waals surface area contributed by atoms with Crippen molar-refractivity contribution in [3.05, 3.63) is 36.3 Å². The first-order chi connectivity index (χ1) is 5.27. The maximum absolute atomic E-state index is 5.65. The van der Waals surface area contributed by atoms with Gasteiger partial charge in [-0.1, -0.05) is 13.0 Å². The van der Waals surface area contributed by atoms with Crippen LogP contribution in [0.15, 0.2) is 29.2 Å². The summed E-state index contributed by atoms with van der Waals surface area (Å²) in [5.41, 5.74) is 5.65. The van der Waals surface area contributed by atoms with E-state index < -0.39 is 0 Å². The van der Waals surface area contributed by atoms with Gasteiger partial charge < -0.3 is 10.2 Å². The molecule has 2 N–H and O–H groups in total. The molecular formula is C9H14ClNO. The number of hydrogen-bond acceptors (Lipinski definition) is 2. The molecule has 2 nitrogen and oxygen atoms in total. The Morgan fingerprint density at radius 1 is 1.67 bits per heavy atom. The van der Waals surface area contributed by atoms with Gasteiger partial charge in [0, 0.05) is 6.42 Å². The lowest BCUT2D eigenvalue weighted by molar-refractivity contribution is 0.457. The van der Waals surface area contributed by atoms with Crippen LogP contribution in [0.1, 0.15) is 24.5 Å². The van der Waals surface area contributed by atoms with Crippen LogP contribution in [0.4, 0.5) is 0 Å². The van der Waals surface area contributed by atoms with E-state index in [1.165, 1.54) is 0 Å². The second kappa shape index (κ2) is 5.01. The molecule has 0 fully saturated rings. The number of furan rings is 1. The second-order valence-corrected chi connectivity index (χ2v) is 2.42. The van der Waals surface area contributed by atoms with Crippen molar-refractivity contribution in [2.45, 2.75) is 19.4 Å². The topological polar surface area (TPSA) is 39.2 Å². The molecule has 0 radical (unpaired) electrons. The molecule has 1 aromatic rings. The maximum Gasteiger partial charge on any atom is 0.124 e. The molecule has 0 aliphatic heterocycles. The molecule has 1 atom stereocenters. The van der Waals surface area contributed by atoms with Gasteiger partial charge in [-0.15, -0.1) is 19.0 Å². The van der Waals surface area contributed by atoms with E-state index in [1.54, 1.807) is 6.08 Å². The molecule has 0 saturated heterocycles. The van der Waals surface area contributed by atoms with Crippen LogP contribution in [0.5, 0.6) is 0 Å². The molecule has 0 saturated carbocycles. The van der Waals surface area contributed by atoms with Gasteiger partial charge >= 0.3 is 0 Å². The SMILES string of the molecule is C=C[C@@H](N)c1ccc(CC)o1.Cl. The van der Waals surface area contributed by atoms with Gasteiger partial charge in [-0.05, 0) is 12.1 Å². The predicted molar refractivity (Wildman–Crippen MR) is 52.5 cm³/mol. The fourth-order valence-electron chi connectivity index (χ4n) is 0.880. The van der Waals surface area contributed by atoms with Gasteiger partial charge in [0.2, 0.25) is 0 Å². The molecule has 0 aromatic carbocycles. The molecule has 0 unspecified atom stereocenters.